The van der Waals surface area contributed by atoms with E-state index < -0.39 is 5.97 Å². The zero-order chi connectivity index (χ0) is 17.4. The molecule has 0 radical (unpaired) electrons. The SMILES string of the molecule is Cc1c(C)c2c(c(CSCC(C)C(=O)O)c1O)CCC(C)(C)O2. The number of thioether (sulfide) groups is 1. The lowest BCUT2D eigenvalue weighted by Crippen LogP contribution is -2.33. The predicted octanol–water partition coefficient (Wildman–Crippen LogP) is 4.07. The summed E-state index contributed by atoms with van der Waals surface area (Å²) < 4.78 is 6.18. The summed E-state index contributed by atoms with van der Waals surface area (Å²) >= 11 is 1.55. The lowest BCUT2D eigenvalue weighted by Gasteiger charge is -2.35. The van der Waals surface area contributed by atoms with Crippen LogP contribution in [0.1, 0.15) is 49.4 Å². The third kappa shape index (κ3) is 3.77. The second-order valence-electron chi connectivity index (χ2n) is 7.00. The number of aromatic hydroxyl groups is 1. The van der Waals surface area contributed by atoms with Gasteiger partial charge in [-0.3, -0.25) is 4.79 Å². The number of carbonyl (C=O) groups is 1. The van der Waals surface area contributed by atoms with Crippen molar-refractivity contribution >= 4 is 17.7 Å². The van der Waals surface area contributed by atoms with Gasteiger partial charge >= 0.3 is 5.97 Å². The maximum Gasteiger partial charge on any atom is 0.307 e. The Bertz CT molecular complexity index is 622. The molecule has 128 valence electrons. The first-order valence-electron chi connectivity index (χ1n) is 7.97. The Kier molecular flexibility index (Phi) is 5.19. The van der Waals surface area contributed by atoms with Crippen LogP contribution < -0.4 is 4.74 Å². The number of hydrogen-bond acceptors (Lipinski definition) is 4. The van der Waals surface area contributed by atoms with Crippen molar-refractivity contribution in [1.82, 2.24) is 0 Å². The van der Waals surface area contributed by atoms with Crippen LogP contribution >= 0.6 is 11.8 Å². The molecule has 0 aromatic heterocycles. The molecule has 0 amide bonds. The van der Waals surface area contributed by atoms with E-state index in [0.717, 1.165) is 40.8 Å². The van der Waals surface area contributed by atoms with Crippen LogP contribution in [0.5, 0.6) is 11.5 Å². The Hall–Kier alpha value is -1.36. The molecule has 0 aliphatic carbocycles. The highest BCUT2D eigenvalue weighted by Crippen LogP contribution is 2.44. The number of carboxylic acids is 1. The Morgan fingerprint density at radius 2 is 2.00 bits per heavy atom. The number of carboxylic acid groups (broad SMARTS) is 1. The Morgan fingerprint density at radius 3 is 2.61 bits per heavy atom. The number of phenols is 1. The molecule has 1 atom stereocenters. The molecule has 0 bridgehead atoms. The lowest BCUT2D eigenvalue weighted by molar-refractivity contribution is -0.140. The van der Waals surface area contributed by atoms with E-state index in [1.165, 1.54) is 0 Å². The van der Waals surface area contributed by atoms with E-state index in [1.54, 1.807) is 18.7 Å². The maximum atomic E-state index is 10.9. The highest BCUT2D eigenvalue weighted by atomic mass is 32.2. The molecule has 4 nitrogen and oxygen atoms in total. The number of phenolic OH excluding ortho intramolecular Hbond substituents is 1. The minimum atomic E-state index is -0.783. The summed E-state index contributed by atoms with van der Waals surface area (Å²) in [4.78, 5) is 10.9. The van der Waals surface area contributed by atoms with Crippen molar-refractivity contribution in [3.8, 4) is 11.5 Å². The van der Waals surface area contributed by atoms with Gasteiger partial charge in [0.1, 0.15) is 17.1 Å². The van der Waals surface area contributed by atoms with Crippen LogP contribution in [0.3, 0.4) is 0 Å². The second-order valence-corrected chi connectivity index (χ2v) is 8.03. The molecule has 1 aromatic rings. The third-order valence-corrected chi connectivity index (χ3v) is 5.80. The van der Waals surface area contributed by atoms with Crippen LogP contribution in [-0.4, -0.2) is 27.5 Å². The highest BCUT2D eigenvalue weighted by molar-refractivity contribution is 7.98. The van der Waals surface area contributed by atoms with Crippen LogP contribution in [0, 0.1) is 19.8 Å². The molecule has 0 saturated carbocycles. The van der Waals surface area contributed by atoms with Gasteiger partial charge in [-0.15, -0.1) is 0 Å². The smallest absolute Gasteiger partial charge is 0.307 e. The highest BCUT2D eigenvalue weighted by Gasteiger charge is 2.31. The average Bonchev–Trinajstić information content (AvgIpc) is 2.47. The van der Waals surface area contributed by atoms with E-state index in [4.69, 9.17) is 9.84 Å². The molecule has 1 aliphatic heterocycles. The van der Waals surface area contributed by atoms with Gasteiger partial charge in [0, 0.05) is 22.6 Å². The number of ether oxygens (including phenoxy) is 1. The first-order valence-corrected chi connectivity index (χ1v) is 9.13. The topological polar surface area (TPSA) is 66.8 Å². The van der Waals surface area contributed by atoms with Crippen LogP contribution in [0.4, 0.5) is 0 Å². The summed E-state index contributed by atoms with van der Waals surface area (Å²) in [5.74, 6) is 1.20. The Labute approximate surface area is 142 Å². The minimum absolute atomic E-state index is 0.191. The largest absolute Gasteiger partial charge is 0.507 e. The van der Waals surface area contributed by atoms with Crippen molar-refractivity contribution in [3.63, 3.8) is 0 Å². The third-order valence-electron chi connectivity index (χ3n) is 4.57. The number of fused-ring (bicyclic) bond motifs is 1. The maximum absolute atomic E-state index is 10.9. The first kappa shape index (κ1) is 18.0. The number of rotatable bonds is 5. The monoisotopic (exact) mass is 338 g/mol. The number of aliphatic carboxylic acids is 1. The summed E-state index contributed by atoms with van der Waals surface area (Å²) in [5.41, 5.74) is 3.64. The molecule has 1 heterocycles. The standard InChI is InChI=1S/C18H26O4S/c1-10(17(20)21)8-23-9-14-13-6-7-18(4,5)22-16(13)12(3)11(2)15(14)19/h10,19H,6-9H2,1-5H3,(H,20,21). The summed E-state index contributed by atoms with van der Waals surface area (Å²) in [7, 11) is 0. The van der Waals surface area contributed by atoms with E-state index in [0.29, 0.717) is 17.3 Å². The number of hydrogen-bond donors (Lipinski definition) is 2. The van der Waals surface area contributed by atoms with E-state index >= 15 is 0 Å². The van der Waals surface area contributed by atoms with Crippen molar-refractivity contribution in [2.75, 3.05) is 5.75 Å². The van der Waals surface area contributed by atoms with Gasteiger partial charge in [0.15, 0.2) is 0 Å². The summed E-state index contributed by atoms with van der Waals surface area (Å²) in [6, 6.07) is 0. The van der Waals surface area contributed by atoms with Gasteiger partial charge in [0.05, 0.1) is 5.92 Å². The minimum Gasteiger partial charge on any atom is -0.507 e. The predicted molar refractivity (Wildman–Crippen MR) is 93.6 cm³/mol. The van der Waals surface area contributed by atoms with Crippen LogP contribution in [0.15, 0.2) is 0 Å². The number of benzene rings is 1. The summed E-state index contributed by atoms with van der Waals surface area (Å²) in [6.07, 6.45) is 1.78. The normalized spacial score (nSPS) is 17.3. The Balaban J connectivity index is 2.29. The molecule has 2 rings (SSSR count). The first-order chi connectivity index (χ1) is 10.6. The molecular formula is C18H26O4S. The van der Waals surface area contributed by atoms with Crippen LogP contribution in [0.2, 0.25) is 0 Å². The van der Waals surface area contributed by atoms with Gasteiger partial charge < -0.3 is 14.9 Å². The fourth-order valence-electron chi connectivity index (χ4n) is 2.80. The zero-order valence-electron chi connectivity index (χ0n) is 14.5. The molecule has 0 fully saturated rings. The Morgan fingerprint density at radius 1 is 1.35 bits per heavy atom. The molecule has 23 heavy (non-hydrogen) atoms. The van der Waals surface area contributed by atoms with Crippen molar-refractivity contribution in [3.05, 3.63) is 22.3 Å². The molecule has 0 spiro atoms. The van der Waals surface area contributed by atoms with Gasteiger partial charge in [0.25, 0.3) is 0 Å². The molecule has 1 aromatic carbocycles. The van der Waals surface area contributed by atoms with Crippen molar-refractivity contribution in [1.29, 1.82) is 0 Å². The van der Waals surface area contributed by atoms with E-state index in [1.807, 2.05) is 13.8 Å². The molecule has 0 saturated heterocycles. The van der Waals surface area contributed by atoms with E-state index in [-0.39, 0.29) is 11.5 Å². The van der Waals surface area contributed by atoms with E-state index in [9.17, 15) is 9.90 Å². The van der Waals surface area contributed by atoms with Gasteiger partial charge in [0.2, 0.25) is 0 Å². The van der Waals surface area contributed by atoms with Crippen molar-refractivity contribution in [2.24, 2.45) is 5.92 Å². The van der Waals surface area contributed by atoms with Crippen molar-refractivity contribution in [2.45, 2.75) is 58.8 Å². The lowest BCUT2D eigenvalue weighted by atomic mass is 9.88. The second kappa shape index (κ2) is 6.63. The van der Waals surface area contributed by atoms with E-state index in [2.05, 4.69) is 13.8 Å². The average molecular weight is 338 g/mol. The quantitative estimate of drug-likeness (QED) is 0.847. The van der Waals surface area contributed by atoms with Crippen LogP contribution in [0.25, 0.3) is 0 Å². The fraction of sp³-hybridized carbons (Fsp3) is 0.611. The summed E-state index contributed by atoms with van der Waals surface area (Å²) in [6.45, 7) is 9.76. The zero-order valence-corrected chi connectivity index (χ0v) is 15.3. The van der Waals surface area contributed by atoms with Gasteiger partial charge in [-0.05, 0) is 51.7 Å². The van der Waals surface area contributed by atoms with Gasteiger partial charge in [-0.25, -0.2) is 0 Å². The molecule has 1 unspecified atom stereocenters. The molecular weight excluding hydrogens is 312 g/mol. The van der Waals surface area contributed by atoms with Crippen molar-refractivity contribution < 1.29 is 19.7 Å². The molecule has 1 aliphatic rings. The van der Waals surface area contributed by atoms with Crippen LogP contribution in [-0.2, 0) is 17.0 Å². The van der Waals surface area contributed by atoms with Gasteiger partial charge in [-0.2, -0.15) is 11.8 Å². The summed E-state index contributed by atoms with van der Waals surface area (Å²) in [5, 5.41) is 19.5. The molecule has 5 heteroatoms. The molecule has 2 N–H and O–H groups in total. The fourth-order valence-corrected chi connectivity index (χ4v) is 3.93. The van der Waals surface area contributed by atoms with Gasteiger partial charge in [-0.1, -0.05) is 6.92 Å².